The van der Waals surface area contributed by atoms with Crippen LogP contribution in [0.1, 0.15) is 19.5 Å². The van der Waals surface area contributed by atoms with Gasteiger partial charge >= 0.3 is 0 Å². The zero-order valence-corrected chi connectivity index (χ0v) is 15.6. The summed E-state index contributed by atoms with van der Waals surface area (Å²) in [6, 6.07) is 6.01. The van der Waals surface area contributed by atoms with Crippen LogP contribution in [0.25, 0.3) is 4.96 Å². The van der Waals surface area contributed by atoms with E-state index in [2.05, 4.69) is 20.6 Å². The van der Waals surface area contributed by atoms with E-state index in [0.29, 0.717) is 24.8 Å². The Morgan fingerprint density at radius 2 is 2.15 bits per heavy atom. The van der Waals surface area contributed by atoms with Crippen molar-refractivity contribution in [1.82, 2.24) is 20.0 Å². The molecular weight excluding hydrogens is 353 g/mol. The fourth-order valence-corrected chi connectivity index (χ4v) is 3.10. The maximum absolute atomic E-state index is 12.9. The first-order chi connectivity index (χ1) is 12.6. The Kier molecular flexibility index (Phi) is 6.06. The Morgan fingerprint density at radius 3 is 2.88 bits per heavy atom. The molecular formula is C18H22FN5OS. The topological polar surface area (TPSA) is 63.0 Å². The summed E-state index contributed by atoms with van der Waals surface area (Å²) in [6.07, 6.45) is 3.87. The van der Waals surface area contributed by atoms with Gasteiger partial charge in [-0.15, -0.1) is 11.3 Å². The fraction of sp³-hybridized carbons (Fsp3) is 0.333. The molecule has 0 bridgehead atoms. The van der Waals surface area contributed by atoms with Crippen molar-refractivity contribution in [2.45, 2.75) is 26.5 Å². The SMILES string of the molecule is CCNC(=NCc1cn2ccsc2n1)NCC(C)Oc1ccc(F)cc1. The number of aliphatic imine (C=N–C) groups is 1. The van der Waals surface area contributed by atoms with Crippen molar-refractivity contribution in [2.24, 2.45) is 4.99 Å². The Bertz CT molecular complexity index is 829. The van der Waals surface area contributed by atoms with Gasteiger partial charge in [0.2, 0.25) is 0 Å². The zero-order valence-electron chi connectivity index (χ0n) is 14.8. The van der Waals surface area contributed by atoms with Gasteiger partial charge in [0.05, 0.1) is 18.8 Å². The minimum absolute atomic E-state index is 0.0951. The van der Waals surface area contributed by atoms with Gasteiger partial charge in [-0.2, -0.15) is 0 Å². The normalized spacial score (nSPS) is 13.0. The van der Waals surface area contributed by atoms with Gasteiger partial charge in [0.15, 0.2) is 10.9 Å². The number of thiazole rings is 1. The number of imidazole rings is 1. The molecule has 0 aliphatic carbocycles. The lowest BCUT2D eigenvalue weighted by Crippen LogP contribution is -2.41. The van der Waals surface area contributed by atoms with Crippen LogP contribution in [0.5, 0.6) is 5.75 Å². The lowest BCUT2D eigenvalue weighted by Gasteiger charge is -2.17. The fourth-order valence-electron chi connectivity index (χ4n) is 2.38. The number of hydrogen-bond acceptors (Lipinski definition) is 4. The van der Waals surface area contributed by atoms with Crippen molar-refractivity contribution in [3.05, 3.63) is 53.6 Å². The van der Waals surface area contributed by atoms with Crippen molar-refractivity contribution in [2.75, 3.05) is 13.1 Å². The number of ether oxygens (including phenoxy) is 1. The van der Waals surface area contributed by atoms with Crippen LogP contribution in [0, 0.1) is 5.82 Å². The minimum atomic E-state index is -0.274. The van der Waals surface area contributed by atoms with E-state index >= 15 is 0 Å². The van der Waals surface area contributed by atoms with Crippen LogP contribution in [-0.2, 0) is 6.54 Å². The van der Waals surface area contributed by atoms with Crippen molar-refractivity contribution in [3.8, 4) is 5.75 Å². The van der Waals surface area contributed by atoms with Crippen molar-refractivity contribution in [1.29, 1.82) is 0 Å². The summed E-state index contributed by atoms with van der Waals surface area (Å²) in [5.41, 5.74) is 0.921. The van der Waals surface area contributed by atoms with Crippen LogP contribution >= 0.6 is 11.3 Å². The molecule has 26 heavy (non-hydrogen) atoms. The monoisotopic (exact) mass is 375 g/mol. The molecule has 6 nitrogen and oxygen atoms in total. The summed E-state index contributed by atoms with van der Waals surface area (Å²) in [6.45, 7) is 5.79. The molecule has 0 fully saturated rings. The predicted molar refractivity (Wildman–Crippen MR) is 102 cm³/mol. The van der Waals surface area contributed by atoms with Gasteiger partial charge in [-0.25, -0.2) is 14.4 Å². The molecule has 8 heteroatoms. The number of rotatable bonds is 7. The number of fused-ring (bicyclic) bond motifs is 1. The van der Waals surface area contributed by atoms with Gasteiger partial charge in [0.1, 0.15) is 17.7 Å². The van der Waals surface area contributed by atoms with Crippen molar-refractivity contribution >= 4 is 22.3 Å². The van der Waals surface area contributed by atoms with E-state index < -0.39 is 0 Å². The van der Waals surface area contributed by atoms with Crippen molar-refractivity contribution < 1.29 is 9.13 Å². The molecule has 2 aromatic heterocycles. The number of halogens is 1. The Morgan fingerprint density at radius 1 is 1.35 bits per heavy atom. The van der Waals surface area contributed by atoms with Gasteiger partial charge in [0.25, 0.3) is 0 Å². The van der Waals surface area contributed by atoms with Gasteiger partial charge in [-0.3, -0.25) is 4.40 Å². The van der Waals surface area contributed by atoms with Crippen LogP contribution in [0.2, 0.25) is 0 Å². The molecule has 0 spiro atoms. The third kappa shape index (κ3) is 4.95. The molecule has 3 rings (SSSR count). The lowest BCUT2D eigenvalue weighted by molar-refractivity contribution is 0.223. The van der Waals surface area contributed by atoms with E-state index in [-0.39, 0.29) is 11.9 Å². The lowest BCUT2D eigenvalue weighted by atomic mass is 10.3. The van der Waals surface area contributed by atoms with E-state index in [1.807, 2.05) is 36.0 Å². The molecule has 0 amide bonds. The zero-order chi connectivity index (χ0) is 18.4. The highest BCUT2D eigenvalue weighted by molar-refractivity contribution is 7.15. The molecule has 1 aromatic carbocycles. The summed E-state index contributed by atoms with van der Waals surface area (Å²) in [4.78, 5) is 10.1. The molecule has 0 saturated heterocycles. The van der Waals surface area contributed by atoms with E-state index in [1.165, 1.54) is 12.1 Å². The molecule has 3 aromatic rings. The third-order valence-corrected chi connectivity index (χ3v) is 4.37. The molecule has 1 unspecified atom stereocenters. The molecule has 138 valence electrons. The Balaban J connectivity index is 1.53. The average molecular weight is 375 g/mol. The minimum Gasteiger partial charge on any atom is -0.489 e. The summed E-state index contributed by atoms with van der Waals surface area (Å²) in [5.74, 6) is 1.07. The maximum Gasteiger partial charge on any atom is 0.193 e. The van der Waals surface area contributed by atoms with Gasteiger partial charge in [-0.1, -0.05) is 0 Å². The standard InChI is InChI=1S/C18H22FN5OS/c1-3-20-17(22-11-15-12-24-8-9-26-18(24)23-15)21-10-13(2)25-16-6-4-14(19)5-7-16/h4-9,12-13H,3,10-11H2,1-2H3,(H2,20,21,22). The predicted octanol–water partition coefficient (Wildman–Crippen LogP) is 3.06. The number of benzene rings is 1. The summed E-state index contributed by atoms with van der Waals surface area (Å²) >= 11 is 1.60. The van der Waals surface area contributed by atoms with Gasteiger partial charge < -0.3 is 15.4 Å². The molecule has 2 N–H and O–H groups in total. The first-order valence-electron chi connectivity index (χ1n) is 8.49. The van der Waals surface area contributed by atoms with Crippen LogP contribution < -0.4 is 15.4 Å². The van der Waals surface area contributed by atoms with Crippen LogP contribution in [-0.4, -0.2) is 34.5 Å². The first kappa shape index (κ1) is 18.2. The van der Waals surface area contributed by atoms with Crippen LogP contribution in [0.4, 0.5) is 4.39 Å². The average Bonchev–Trinajstić information content (AvgIpc) is 3.21. The largest absolute Gasteiger partial charge is 0.489 e. The first-order valence-corrected chi connectivity index (χ1v) is 9.37. The highest BCUT2D eigenvalue weighted by Gasteiger charge is 2.07. The van der Waals surface area contributed by atoms with E-state index in [4.69, 9.17) is 4.74 Å². The summed E-state index contributed by atoms with van der Waals surface area (Å²) < 4.78 is 20.7. The quantitative estimate of drug-likeness (QED) is 0.492. The van der Waals surface area contributed by atoms with E-state index in [0.717, 1.165) is 17.2 Å². The van der Waals surface area contributed by atoms with E-state index in [9.17, 15) is 4.39 Å². The molecule has 2 heterocycles. The molecule has 1 atom stereocenters. The van der Waals surface area contributed by atoms with Crippen LogP contribution in [0.15, 0.2) is 47.0 Å². The molecule has 0 radical (unpaired) electrons. The number of nitrogens with one attached hydrogen (secondary N) is 2. The Hall–Kier alpha value is -2.61. The highest BCUT2D eigenvalue weighted by Crippen LogP contribution is 2.13. The van der Waals surface area contributed by atoms with Gasteiger partial charge in [-0.05, 0) is 38.1 Å². The van der Waals surface area contributed by atoms with Crippen molar-refractivity contribution in [3.63, 3.8) is 0 Å². The summed E-state index contributed by atoms with van der Waals surface area (Å²) in [7, 11) is 0. The smallest absolute Gasteiger partial charge is 0.193 e. The maximum atomic E-state index is 12.9. The Labute approximate surface area is 155 Å². The highest BCUT2D eigenvalue weighted by atomic mass is 32.1. The summed E-state index contributed by atoms with van der Waals surface area (Å²) in [5, 5.41) is 8.47. The second-order valence-electron chi connectivity index (χ2n) is 5.78. The second-order valence-corrected chi connectivity index (χ2v) is 6.66. The van der Waals surface area contributed by atoms with E-state index in [1.54, 1.807) is 23.5 Å². The molecule has 0 saturated carbocycles. The number of hydrogen-bond donors (Lipinski definition) is 2. The number of nitrogens with zero attached hydrogens (tertiary/aromatic N) is 3. The third-order valence-electron chi connectivity index (χ3n) is 3.59. The number of aromatic nitrogens is 2. The van der Waals surface area contributed by atoms with Gasteiger partial charge in [0, 0.05) is 24.3 Å². The molecule has 0 aliphatic heterocycles. The number of guanidine groups is 1. The van der Waals surface area contributed by atoms with Crippen LogP contribution in [0.3, 0.4) is 0 Å². The molecule has 0 aliphatic rings. The second kappa shape index (κ2) is 8.66.